The van der Waals surface area contributed by atoms with Crippen LogP contribution in [-0.2, 0) is 16.6 Å². The summed E-state index contributed by atoms with van der Waals surface area (Å²) < 4.78 is 5.58. The normalized spacial score (nSPS) is 16.0. The smallest absolute Gasteiger partial charge is 0.257 e. The SMILES string of the molecule is CNC(=O)COc1ccc2c(c1)C(C)(C)C1=C(C2=O)c2ccc(C#N)cc2C1. The van der Waals surface area contributed by atoms with Crippen molar-refractivity contribution in [3.05, 3.63) is 69.8 Å². The Bertz CT molecular complexity index is 1100. The number of nitrogens with zero attached hydrogens (tertiary/aromatic N) is 1. The molecule has 2 aromatic rings. The zero-order valence-corrected chi connectivity index (χ0v) is 16.1. The van der Waals surface area contributed by atoms with Crippen LogP contribution in [0.25, 0.3) is 5.57 Å². The summed E-state index contributed by atoms with van der Waals surface area (Å²) in [6.07, 6.45) is 0.654. The number of allylic oxidation sites excluding steroid dienone is 2. The van der Waals surface area contributed by atoms with Crippen LogP contribution >= 0.6 is 0 Å². The van der Waals surface area contributed by atoms with E-state index in [1.54, 1.807) is 25.2 Å². The number of Topliss-reactive ketones (excluding diaryl/α,β-unsaturated/α-hetero) is 1. The highest BCUT2D eigenvalue weighted by molar-refractivity contribution is 6.33. The molecule has 140 valence electrons. The lowest BCUT2D eigenvalue weighted by Crippen LogP contribution is -2.30. The second-order valence-corrected chi connectivity index (χ2v) is 7.64. The molecular formula is C23H20N2O3. The van der Waals surface area contributed by atoms with Crippen molar-refractivity contribution in [3.8, 4) is 11.8 Å². The van der Waals surface area contributed by atoms with E-state index < -0.39 is 0 Å². The highest BCUT2D eigenvalue weighted by Crippen LogP contribution is 2.50. The van der Waals surface area contributed by atoms with E-state index in [1.807, 2.05) is 18.2 Å². The first-order chi connectivity index (χ1) is 13.4. The number of hydrogen-bond acceptors (Lipinski definition) is 4. The molecule has 0 heterocycles. The molecule has 4 rings (SSSR count). The van der Waals surface area contributed by atoms with Gasteiger partial charge >= 0.3 is 0 Å². The summed E-state index contributed by atoms with van der Waals surface area (Å²) in [5.41, 5.74) is 5.58. The second kappa shape index (κ2) is 6.35. The molecular weight excluding hydrogens is 352 g/mol. The summed E-state index contributed by atoms with van der Waals surface area (Å²) in [6, 6.07) is 13.1. The number of fused-ring (bicyclic) bond motifs is 3. The molecule has 0 atom stereocenters. The quantitative estimate of drug-likeness (QED) is 0.898. The molecule has 0 aliphatic heterocycles. The zero-order chi connectivity index (χ0) is 20.1. The van der Waals surface area contributed by atoms with Gasteiger partial charge in [0.2, 0.25) is 0 Å². The highest BCUT2D eigenvalue weighted by Gasteiger charge is 2.42. The van der Waals surface area contributed by atoms with E-state index in [9.17, 15) is 14.9 Å². The van der Waals surface area contributed by atoms with E-state index >= 15 is 0 Å². The Hall–Kier alpha value is -3.39. The molecule has 5 nitrogen and oxygen atoms in total. The van der Waals surface area contributed by atoms with Crippen molar-refractivity contribution < 1.29 is 14.3 Å². The molecule has 0 saturated heterocycles. The van der Waals surface area contributed by atoms with Crippen LogP contribution in [0.2, 0.25) is 0 Å². The molecule has 0 radical (unpaired) electrons. The van der Waals surface area contributed by atoms with Crippen molar-refractivity contribution >= 4 is 17.3 Å². The average molecular weight is 372 g/mol. The fourth-order valence-electron chi connectivity index (χ4n) is 4.13. The molecule has 1 amide bonds. The number of carbonyl (C=O) groups excluding carboxylic acids is 2. The Kier molecular flexibility index (Phi) is 4.08. The largest absolute Gasteiger partial charge is 0.484 e. The van der Waals surface area contributed by atoms with E-state index in [1.165, 1.54) is 0 Å². The highest BCUT2D eigenvalue weighted by atomic mass is 16.5. The van der Waals surface area contributed by atoms with Gasteiger partial charge in [-0.15, -0.1) is 0 Å². The van der Waals surface area contributed by atoms with Gasteiger partial charge in [-0.3, -0.25) is 9.59 Å². The monoisotopic (exact) mass is 372 g/mol. The van der Waals surface area contributed by atoms with Gasteiger partial charge in [-0.2, -0.15) is 5.26 Å². The predicted octanol–water partition coefficient (Wildman–Crippen LogP) is 3.17. The maximum atomic E-state index is 13.3. The minimum Gasteiger partial charge on any atom is -0.484 e. The third-order valence-corrected chi connectivity index (χ3v) is 5.71. The number of ketones is 1. The number of nitriles is 1. The molecule has 5 heteroatoms. The van der Waals surface area contributed by atoms with E-state index in [0.717, 1.165) is 27.8 Å². The van der Waals surface area contributed by atoms with Crippen LogP contribution in [0, 0.1) is 11.3 Å². The van der Waals surface area contributed by atoms with E-state index in [-0.39, 0.29) is 23.7 Å². The zero-order valence-electron chi connectivity index (χ0n) is 16.1. The molecule has 0 spiro atoms. The first-order valence-electron chi connectivity index (χ1n) is 9.16. The molecule has 2 aliphatic rings. The topological polar surface area (TPSA) is 79.2 Å². The molecule has 2 aliphatic carbocycles. The predicted molar refractivity (Wildman–Crippen MR) is 105 cm³/mol. The summed E-state index contributed by atoms with van der Waals surface area (Å²) in [4.78, 5) is 24.8. The van der Waals surface area contributed by atoms with Crippen LogP contribution in [0.3, 0.4) is 0 Å². The van der Waals surface area contributed by atoms with Crippen LogP contribution in [0.5, 0.6) is 5.75 Å². The second-order valence-electron chi connectivity index (χ2n) is 7.64. The van der Waals surface area contributed by atoms with Crippen molar-refractivity contribution in [2.45, 2.75) is 25.7 Å². The van der Waals surface area contributed by atoms with Gasteiger partial charge in [-0.05, 0) is 59.0 Å². The number of likely N-dealkylation sites (N-methyl/N-ethyl adjacent to an activating group) is 1. The lowest BCUT2D eigenvalue weighted by atomic mass is 9.68. The molecule has 1 N–H and O–H groups in total. The lowest BCUT2D eigenvalue weighted by molar-refractivity contribution is -0.122. The Balaban J connectivity index is 1.76. The van der Waals surface area contributed by atoms with Crippen molar-refractivity contribution in [2.75, 3.05) is 13.7 Å². The fourth-order valence-corrected chi connectivity index (χ4v) is 4.13. The Morgan fingerprint density at radius 3 is 2.68 bits per heavy atom. The molecule has 0 unspecified atom stereocenters. The van der Waals surface area contributed by atoms with Gasteiger partial charge in [0.25, 0.3) is 5.91 Å². The van der Waals surface area contributed by atoms with Gasteiger partial charge in [-0.25, -0.2) is 0 Å². The Morgan fingerprint density at radius 1 is 1.21 bits per heavy atom. The van der Waals surface area contributed by atoms with Crippen molar-refractivity contribution in [1.29, 1.82) is 5.26 Å². The molecule has 0 fully saturated rings. The number of nitrogens with one attached hydrogen (secondary N) is 1. The number of benzene rings is 2. The van der Waals surface area contributed by atoms with Gasteiger partial charge in [0.15, 0.2) is 12.4 Å². The third-order valence-electron chi connectivity index (χ3n) is 5.71. The van der Waals surface area contributed by atoms with E-state index in [2.05, 4.69) is 25.2 Å². The van der Waals surface area contributed by atoms with Crippen molar-refractivity contribution in [1.82, 2.24) is 5.32 Å². The fraction of sp³-hybridized carbons (Fsp3) is 0.261. The van der Waals surface area contributed by atoms with Gasteiger partial charge in [0, 0.05) is 23.6 Å². The lowest BCUT2D eigenvalue weighted by Gasteiger charge is -2.34. The number of amides is 1. The van der Waals surface area contributed by atoms with E-state index in [4.69, 9.17) is 4.74 Å². The van der Waals surface area contributed by atoms with Gasteiger partial charge in [0.1, 0.15) is 5.75 Å². The third kappa shape index (κ3) is 2.61. The van der Waals surface area contributed by atoms with Crippen LogP contribution in [-0.4, -0.2) is 25.3 Å². The first kappa shape index (κ1) is 18.0. The van der Waals surface area contributed by atoms with Crippen molar-refractivity contribution in [3.63, 3.8) is 0 Å². The molecule has 0 saturated carbocycles. The maximum absolute atomic E-state index is 13.3. The van der Waals surface area contributed by atoms with Crippen LogP contribution in [0.15, 0.2) is 42.0 Å². The number of carbonyl (C=O) groups is 2. The molecule has 0 bridgehead atoms. The Morgan fingerprint density at radius 2 is 1.96 bits per heavy atom. The summed E-state index contributed by atoms with van der Waals surface area (Å²) in [7, 11) is 1.56. The number of hydrogen-bond donors (Lipinski definition) is 1. The molecule has 2 aromatic carbocycles. The first-order valence-corrected chi connectivity index (χ1v) is 9.16. The molecule has 28 heavy (non-hydrogen) atoms. The van der Waals surface area contributed by atoms with Crippen molar-refractivity contribution in [2.24, 2.45) is 0 Å². The van der Waals surface area contributed by atoms with Gasteiger partial charge < -0.3 is 10.1 Å². The molecule has 0 aromatic heterocycles. The minimum atomic E-state index is -0.364. The van der Waals surface area contributed by atoms with E-state index in [0.29, 0.717) is 23.3 Å². The summed E-state index contributed by atoms with van der Waals surface area (Å²) >= 11 is 0. The van der Waals surface area contributed by atoms with Gasteiger partial charge in [0.05, 0.1) is 11.6 Å². The standard InChI is InChI=1S/C23H20N2O3/c1-23(2)18-10-15(28-12-20(26)25-3)5-7-17(18)22(27)21-16-6-4-13(11-24)8-14(16)9-19(21)23/h4-8,10H,9,12H2,1-3H3,(H,25,26). The van der Waals surface area contributed by atoms with Crippen LogP contribution in [0.4, 0.5) is 0 Å². The average Bonchev–Trinajstić information content (AvgIpc) is 3.10. The van der Waals surface area contributed by atoms with Gasteiger partial charge in [-0.1, -0.05) is 19.9 Å². The number of rotatable bonds is 3. The summed E-state index contributed by atoms with van der Waals surface area (Å²) in [5.74, 6) is 0.359. The van der Waals surface area contributed by atoms with Crippen LogP contribution in [0.1, 0.15) is 46.5 Å². The van der Waals surface area contributed by atoms with Crippen LogP contribution < -0.4 is 10.1 Å². The summed E-state index contributed by atoms with van der Waals surface area (Å²) in [5, 5.41) is 11.7. The Labute approximate surface area is 163 Å². The minimum absolute atomic E-state index is 0.00522. The maximum Gasteiger partial charge on any atom is 0.257 e. The number of ether oxygens (including phenoxy) is 1. The summed E-state index contributed by atoms with van der Waals surface area (Å²) in [6.45, 7) is 4.14.